The van der Waals surface area contributed by atoms with Crippen LogP contribution in [0.1, 0.15) is 24.0 Å². The first kappa shape index (κ1) is 21.2. The Hall–Kier alpha value is -3.06. The first-order valence-electron chi connectivity index (χ1n) is 10.4. The molecule has 0 bridgehead atoms. The van der Waals surface area contributed by atoms with Crippen LogP contribution < -0.4 is 0 Å². The normalized spacial score (nSPS) is 18.3. The van der Waals surface area contributed by atoms with Crippen molar-refractivity contribution in [1.29, 1.82) is 0 Å². The number of benzene rings is 2. The van der Waals surface area contributed by atoms with Gasteiger partial charge in [-0.3, -0.25) is 14.5 Å². The summed E-state index contributed by atoms with van der Waals surface area (Å²) in [6.45, 7) is 1.87. The highest BCUT2D eigenvalue weighted by molar-refractivity contribution is 6.35. The van der Waals surface area contributed by atoms with E-state index in [0.29, 0.717) is 16.8 Å². The second-order valence-corrected chi connectivity index (χ2v) is 8.20. The first-order chi connectivity index (χ1) is 14.8. The molecule has 162 valence electrons. The molecule has 2 aliphatic heterocycles. The number of halogens is 2. The number of nitrogens with zero attached hydrogens (tertiary/aromatic N) is 3. The average molecular weight is 425 g/mol. The van der Waals surface area contributed by atoms with E-state index in [4.69, 9.17) is 0 Å². The van der Waals surface area contributed by atoms with Crippen LogP contribution in [-0.4, -0.2) is 59.7 Å². The lowest BCUT2D eigenvalue weighted by Crippen LogP contribution is -2.43. The summed E-state index contributed by atoms with van der Waals surface area (Å²) in [5, 5.41) is 0. The van der Waals surface area contributed by atoms with Crippen molar-refractivity contribution in [2.45, 2.75) is 25.4 Å². The van der Waals surface area contributed by atoms with E-state index < -0.39 is 11.7 Å². The summed E-state index contributed by atoms with van der Waals surface area (Å²) in [6, 6.07) is 11.5. The topological polar surface area (TPSA) is 43.9 Å². The van der Waals surface area contributed by atoms with Gasteiger partial charge >= 0.3 is 0 Å². The standard InChI is InChI=1S/C24H25F2N3O2/c1-27-13-11-20(12-14-27)28(2)22-21(17-5-9-19(26)10-6-17)23(30)29(24(22)31)15-16-3-7-18(25)8-4-16/h3-10,20H,11-15H2,1-2H3. The molecule has 7 heteroatoms. The number of carbonyl (C=O) groups excluding carboxylic acids is 2. The van der Waals surface area contributed by atoms with Gasteiger partial charge in [0.05, 0.1) is 12.1 Å². The Morgan fingerprint density at radius 1 is 0.903 bits per heavy atom. The summed E-state index contributed by atoms with van der Waals surface area (Å²) in [5.41, 5.74) is 1.79. The fraction of sp³-hybridized carbons (Fsp3) is 0.333. The number of rotatable bonds is 5. The molecule has 0 atom stereocenters. The van der Waals surface area contributed by atoms with Crippen LogP contribution in [-0.2, 0) is 16.1 Å². The maximum Gasteiger partial charge on any atom is 0.278 e. The third kappa shape index (κ3) is 4.23. The summed E-state index contributed by atoms with van der Waals surface area (Å²) in [7, 11) is 3.91. The Morgan fingerprint density at radius 3 is 2.03 bits per heavy atom. The minimum absolute atomic E-state index is 0.0490. The van der Waals surface area contributed by atoms with Gasteiger partial charge in [0.15, 0.2) is 0 Å². The maximum absolute atomic E-state index is 13.5. The second kappa shape index (κ2) is 8.59. The van der Waals surface area contributed by atoms with Crippen LogP contribution in [0, 0.1) is 11.6 Å². The van der Waals surface area contributed by atoms with Crippen LogP contribution in [0.2, 0.25) is 0 Å². The largest absolute Gasteiger partial charge is 0.366 e. The molecule has 31 heavy (non-hydrogen) atoms. The van der Waals surface area contributed by atoms with Crippen LogP contribution in [0.4, 0.5) is 8.78 Å². The van der Waals surface area contributed by atoms with Crippen molar-refractivity contribution in [2.24, 2.45) is 0 Å². The molecule has 0 aliphatic carbocycles. The number of imide groups is 1. The number of carbonyl (C=O) groups is 2. The molecule has 2 aromatic carbocycles. The lowest BCUT2D eigenvalue weighted by molar-refractivity contribution is -0.138. The van der Waals surface area contributed by atoms with Gasteiger partial charge in [0, 0.05) is 13.1 Å². The van der Waals surface area contributed by atoms with Crippen molar-refractivity contribution in [3.8, 4) is 0 Å². The number of likely N-dealkylation sites (N-methyl/N-ethyl adjacent to an activating group) is 1. The Kier molecular flexibility index (Phi) is 5.87. The molecule has 5 nitrogen and oxygen atoms in total. The summed E-state index contributed by atoms with van der Waals surface area (Å²) < 4.78 is 26.8. The summed E-state index contributed by atoms with van der Waals surface area (Å²) in [4.78, 5) is 32.1. The Morgan fingerprint density at radius 2 is 1.45 bits per heavy atom. The van der Waals surface area contributed by atoms with Crippen molar-refractivity contribution in [3.63, 3.8) is 0 Å². The molecule has 2 aromatic rings. The molecule has 4 rings (SSSR count). The Balaban J connectivity index is 1.70. The van der Waals surface area contributed by atoms with Gasteiger partial charge in [-0.05, 0) is 68.4 Å². The molecule has 0 aromatic heterocycles. The van der Waals surface area contributed by atoms with Gasteiger partial charge in [0.2, 0.25) is 0 Å². The number of hydrogen-bond donors (Lipinski definition) is 0. The van der Waals surface area contributed by atoms with E-state index in [-0.39, 0.29) is 29.9 Å². The van der Waals surface area contributed by atoms with Crippen LogP contribution in [0.3, 0.4) is 0 Å². The van der Waals surface area contributed by atoms with Gasteiger partial charge in [-0.2, -0.15) is 0 Å². The lowest BCUT2D eigenvalue weighted by atomic mass is 10.00. The fourth-order valence-electron chi connectivity index (χ4n) is 4.25. The maximum atomic E-state index is 13.5. The average Bonchev–Trinajstić information content (AvgIpc) is 3.00. The van der Waals surface area contributed by atoms with E-state index in [9.17, 15) is 18.4 Å². The minimum Gasteiger partial charge on any atom is -0.366 e. The molecule has 1 saturated heterocycles. The van der Waals surface area contributed by atoms with E-state index >= 15 is 0 Å². The fourth-order valence-corrected chi connectivity index (χ4v) is 4.25. The SMILES string of the molecule is CN1CCC(N(C)C2=C(c3ccc(F)cc3)C(=O)N(Cc3ccc(F)cc3)C2=O)CC1. The van der Waals surface area contributed by atoms with Crippen LogP contribution in [0.5, 0.6) is 0 Å². The number of likely N-dealkylation sites (tertiary alicyclic amines) is 1. The molecule has 2 amide bonds. The molecular weight excluding hydrogens is 400 g/mol. The summed E-state index contributed by atoms with van der Waals surface area (Å²) in [6.07, 6.45) is 1.76. The smallest absolute Gasteiger partial charge is 0.278 e. The second-order valence-electron chi connectivity index (χ2n) is 8.20. The van der Waals surface area contributed by atoms with Gasteiger partial charge in [-0.1, -0.05) is 24.3 Å². The van der Waals surface area contributed by atoms with Crippen LogP contribution in [0.25, 0.3) is 5.57 Å². The summed E-state index contributed by atoms with van der Waals surface area (Å²) in [5.74, 6) is -1.59. The zero-order valence-electron chi connectivity index (χ0n) is 17.6. The van der Waals surface area contributed by atoms with E-state index in [0.717, 1.165) is 25.9 Å². The van der Waals surface area contributed by atoms with Crippen molar-refractivity contribution in [2.75, 3.05) is 27.2 Å². The number of piperidine rings is 1. The van der Waals surface area contributed by atoms with Gasteiger partial charge in [-0.25, -0.2) is 8.78 Å². The number of hydrogen-bond acceptors (Lipinski definition) is 4. The number of amides is 2. The molecule has 0 spiro atoms. The minimum atomic E-state index is -0.421. The monoisotopic (exact) mass is 425 g/mol. The predicted molar refractivity (Wildman–Crippen MR) is 114 cm³/mol. The van der Waals surface area contributed by atoms with E-state index in [2.05, 4.69) is 11.9 Å². The van der Waals surface area contributed by atoms with E-state index in [1.54, 1.807) is 12.1 Å². The van der Waals surface area contributed by atoms with Gasteiger partial charge in [0.1, 0.15) is 17.3 Å². The predicted octanol–water partition coefficient (Wildman–Crippen LogP) is 3.27. The van der Waals surface area contributed by atoms with E-state index in [1.807, 2.05) is 11.9 Å². The third-order valence-electron chi connectivity index (χ3n) is 6.12. The van der Waals surface area contributed by atoms with Crippen LogP contribution in [0.15, 0.2) is 54.2 Å². The molecular formula is C24H25F2N3O2. The van der Waals surface area contributed by atoms with Crippen molar-refractivity contribution >= 4 is 17.4 Å². The summed E-state index contributed by atoms with van der Waals surface area (Å²) >= 11 is 0. The lowest BCUT2D eigenvalue weighted by Gasteiger charge is -2.36. The third-order valence-corrected chi connectivity index (χ3v) is 6.12. The molecule has 2 heterocycles. The molecule has 1 fully saturated rings. The first-order valence-corrected chi connectivity index (χ1v) is 10.4. The highest BCUT2D eigenvalue weighted by Gasteiger charge is 2.42. The van der Waals surface area contributed by atoms with Gasteiger partial charge in [0.25, 0.3) is 11.8 Å². The van der Waals surface area contributed by atoms with Crippen molar-refractivity contribution < 1.29 is 18.4 Å². The van der Waals surface area contributed by atoms with Crippen molar-refractivity contribution in [1.82, 2.24) is 14.7 Å². The van der Waals surface area contributed by atoms with Crippen LogP contribution >= 0.6 is 0 Å². The molecule has 0 unspecified atom stereocenters. The zero-order valence-corrected chi connectivity index (χ0v) is 17.6. The highest BCUT2D eigenvalue weighted by atomic mass is 19.1. The highest BCUT2D eigenvalue weighted by Crippen LogP contribution is 2.34. The van der Waals surface area contributed by atoms with E-state index in [1.165, 1.54) is 41.3 Å². The van der Waals surface area contributed by atoms with Crippen molar-refractivity contribution in [3.05, 3.63) is 77.0 Å². The van der Waals surface area contributed by atoms with Gasteiger partial charge < -0.3 is 9.80 Å². The molecule has 2 aliphatic rings. The molecule has 0 N–H and O–H groups in total. The van der Waals surface area contributed by atoms with Gasteiger partial charge in [-0.15, -0.1) is 0 Å². The molecule has 0 saturated carbocycles. The Labute approximate surface area is 180 Å². The molecule has 0 radical (unpaired) electrons. The zero-order chi connectivity index (χ0) is 22.1. The Bertz CT molecular complexity index is 1010. The quantitative estimate of drug-likeness (QED) is 0.690.